The Kier molecular flexibility index (Phi) is 5.33. The lowest BCUT2D eigenvalue weighted by molar-refractivity contribution is -0.426. The standard InChI is InChI=1S/C12H12N2O6/c1-20-12(15)6-5-11(14(18)19)8-9-3-2-4-10(7-9)13(16)17/h2-4,7-8H,5-6H2,1H3/b11-8+. The summed E-state index contributed by atoms with van der Waals surface area (Å²) in [6.45, 7) is 0. The molecular weight excluding hydrogens is 268 g/mol. The lowest BCUT2D eigenvalue weighted by Gasteiger charge is -1.99. The second kappa shape index (κ2) is 6.98. The van der Waals surface area contributed by atoms with Crippen LogP contribution in [0.2, 0.25) is 0 Å². The average molecular weight is 280 g/mol. The van der Waals surface area contributed by atoms with Crippen LogP contribution in [0.4, 0.5) is 5.69 Å². The highest BCUT2D eigenvalue weighted by molar-refractivity contribution is 5.69. The van der Waals surface area contributed by atoms with Gasteiger partial charge in [-0.3, -0.25) is 25.0 Å². The van der Waals surface area contributed by atoms with E-state index < -0.39 is 15.8 Å². The van der Waals surface area contributed by atoms with Gasteiger partial charge in [0.25, 0.3) is 5.69 Å². The van der Waals surface area contributed by atoms with E-state index in [-0.39, 0.29) is 24.2 Å². The molecule has 1 rings (SSSR count). The van der Waals surface area contributed by atoms with Gasteiger partial charge < -0.3 is 4.74 Å². The molecule has 0 aliphatic carbocycles. The highest BCUT2D eigenvalue weighted by Crippen LogP contribution is 2.18. The first-order valence-electron chi connectivity index (χ1n) is 5.60. The molecule has 0 saturated heterocycles. The van der Waals surface area contributed by atoms with Crippen LogP contribution < -0.4 is 0 Å². The topological polar surface area (TPSA) is 113 Å². The van der Waals surface area contributed by atoms with Gasteiger partial charge in [0.1, 0.15) is 0 Å². The maximum absolute atomic E-state index is 11.0. The second-order valence-electron chi connectivity index (χ2n) is 3.82. The van der Waals surface area contributed by atoms with Crippen LogP contribution in [-0.2, 0) is 9.53 Å². The predicted molar refractivity (Wildman–Crippen MR) is 69.3 cm³/mol. The second-order valence-corrected chi connectivity index (χ2v) is 3.82. The average Bonchev–Trinajstić information content (AvgIpc) is 2.42. The van der Waals surface area contributed by atoms with Crippen LogP contribution in [0.25, 0.3) is 6.08 Å². The lowest BCUT2D eigenvalue weighted by atomic mass is 10.1. The summed E-state index contributed by atoms with van der Waals surface area (Å²) in [6, 6.07) is 5.45. The largest absolute Gasteiger partial charge is 0.469 e. The molecule has 0 spiro atoms. The van der Waals surface area contributed by atoms with Gasteiger partial charge in [0.05, 0.1) is 23.4 Å². The fourth-order valence-electron chi connectivity index (χ4n) is 1.47. The minimum Gasteiger partial charge on any atom is -0.469 e. The first-order chi connectivity index (χ1) is 9.43. The van der Waals surface area contributed by atoms with Gasteiger partial charge in [0.15, 0.2) is 0 Å². The van der Waals surface area contributed by atoms with Gasteiger partial charge in [0, 0.05) is 24.6 Å². The number of rotatable bonds is 6. The number of nitrogens with zero attached hydrogens (tertiary/aromatic N) is 2. The number of hydrogen-bond donors (Lipinski definition) is 0. The van der Waals surface area contributed by atoms with Gasteiger partial charge in [-0.1, -0.05) is 12.1 Å². The van der Waals surface area contributed by atoms with Crippen molar-refractivity contribution in [2.24, 2.45) is 0 Å². The smallest absolute Gasteiger partial charge is 0.306 e. The van der Waals surface area contributed by atoms with Crippen LogP contribution in [0, 0.1) is 20.2 Å². The van der Waals surface area contributed by atoms with Crippen molar-refractivity contribution in [3.8, 4) is 0 Å². The van der Waals surface area contributed by atoms with Crippen LogP contribution in [0.15, 0.2) is 30.0 Å². The number of nitro benzene ring substituents is 1. The maximum Gasteiger partial charge on any atom is 0.306 e. The van der Waals surface area contributed by atoms with Crippen LogP contribution >= 0.6 is 0 Å². The van der Waals surface area contributed by atoms with Crippen molar-refractivity contribution in [2.75, 3.05) is 7.11 Å². The normalized spacial score (nSPS) is 10.9. The number of hydrogen-bond acceptors (Lipinski definition) is 6. The number of methoxy groups -OCH3 is 1. The summed E-state index contributed by atoms with van der Waals surface area (Å²) in [5, 5.41) is 21.5. The Balaban J connectivity index is 2.96. The molecule has 0 unspecified atom stereocenters. The van der Waals surface area contributed by atoms with Gasteiger partial charge in [-0.2, -0.15) is 0 Å². The van der Waals surface area contributed by atoms with Crippen molar-refractivity contribution in [3.05, 3.63) is 55.8 Å². The number of allylic oxidation sites excluding steroid dienone is 1. The molecule has 0 N–H and O–H groups in total. The van der Waals surface area contributed by atoms with E-state index in [1.807, 2.05) is 0 Å². The molecule has 0 bridgehead atoms. The SMILES string of the molecule is COC(=O)CC/C(=C\c1cccc([N+](=O)[O-])c1)[N+](=O)[O-]. The zero-order valence-electron chi connectivity index (χ0n) is 10.6. The number of nitro groups is 2. The summed E-state index contributed by atoms with van der Waals surface area (Å²) in [5.74, 6) is -0.559. The van der Waals surface area contributed by atoms with Crippen molar-refractivity contribution in [1.29, 1.82) is 0 Å². The third kappa shape index (κ3) is 4.48. The quantitative estimate of drug-likeness (QED) is 0.448. The van der Waals surface area contributed by atoms with Crippen molar-refractivity contribution in [2.45, 2.75) is 12.8 Å². The number of benzene rings is 1. The molecule has 0 aliphatic rings. The van der Waals surface area contributed by atoms with E-state index in [2.05, 4.69) is 4.74 Å². The van der Waals surface area contributed by atoms with Gasteiger partial charge in [0.2, 0.25) is 5.70 Å². The lowest BCUT2D eigenvalue weighted by Crippen LogP contribution is -2.05. The molecule has 8 heteroatoms. The summed E-state index contributed by atoms with van der Waals surface area (Å²) in [4.78, 5) is 31.3. The zero-order chi connectivity index (χ0) is 15.1. The Labute approximate surface area is 114 Å². The Morgan fingerprint density at radius 3 is 2.55 bits per heavy atom. The minimum atomic E-state index is -0.623. The Morgan fingerprint density at radius 1 is 1.30 bits per heavy atom. The summed E-state index contributed by atoms with van der Waals surface area (Å²) in [5.41, 5.74) is -0.0407. The molecule has 1 aromatic rings. The van der Waals surface area contributed by atoms with E-state index in [9.17, 15) is 25.0 Å². The van der Waals surface area contributed by atoms with Gasteiger partial charge in [-0.15, -0.1) is 0 Å². The van der Waals surface area contributed by atoms with E-state index in [0.717, 1.165) is 0 Å². The molecule has 0 fully saturated rings. The first-order valence-corrected chi connectivity index (χ1v) is 5.60. The van der Waals surface area contributed by atoms with Crippen molar-refractivity contribution >= 4 is 17.7 Å². The maximum atomic E-state index is 11.0. The molecule has 1 aromatic carbocycles. The van der Waals surface area contributed by atoms with Gasteiger partial charge in [-0.25, -0.2) is 0 Å². The summed E-state index contributed by atoms with van der Waals surface area (Å²) < 4.78 is 4.40. The Hall–Kier alpha value is -2.77. The van der Waals surface area contributed by atoms with E-state index in [0.29, 0.717) is 5.56 Å². The highest BCUT2D eigenvalue weighted by Gasteiger charge is 2.14. The minimum absolute atomic E-state index is 0.109. The molecular formula is C12H12N2O6. The number of esters is 1. The van der Waals surface area contributed by atoms with Crippen molar-refractivity contribution < 1.29 is 19.4 Å². The van der Waals surface area contributed by atoms with Crippen molar-refractivity contribution in [1.82, 2.24) is 0 Å². The molecule has 0 aromatic heterocycles. The van der Waals surface area contributed by atoms with Crippen molar-refractivity contribution in [3.63, 3.8) is 0 Å². The summed E-state index contributed by atoms with van der Waals surface area (Å²) >= 11 is 0. The summed E-state index contributed by atoms with van der Waals surface area (Å²) in [7, 11) is 1.19. The predicted octanol–water partition coefficient (Wildman–Crippen LogP) is 2.17. The van der Waals surface area contributed by atoms with E-state index in [4.69, 9.17) is 0 Å². The van der Waals surface area contributed by atoms with Gasteiger partial charge in [-0.05, 0) is 5.56 Å². The fraction of sp³-hybridized carbons (Fsp3) is 0.250. The molecule has 0 atom stereocenters. The molecule has 0 amide bonds. The molecule has 20 heavy (non-hydrogen) atoms. The van der Waals surface area contributed by atoms with Crippen LogP contribution in [-0.4, -0.2) is 22.9 Å². The van der Waals surface area contributed by atoms with Crippen LogP contribution in [0.5, 0.6) is 0 Å². The van der Waals surface area contributed by atoms with E-state index in [1.54, 1.807) is 0 Å². The molecule has 8 nitrogen and oxygen atoms in total. The molecule has 0 aliphatic heterocycles. The van der Waals surface area contributed by atoms with Crippen LogP contribution in [0.1, 0.15) is 18.4 Å². The molecule has 0 heterocycles. The van der Waals surface area contributed by atoms with E-state index in [1.165, 1.54) is 37.5 Å². The summed E-state index contributed by atoms with van der Waals surface area (Å²) in [6.07, 6.45) is 0.969. The highest BCUT2D eigenvalue weighted by atomic mass is 16.6. The first kappa shape index (κ1) is 15.3. The Morgan fingerprint density at radius 2 is 2.00 bits per heavy atom. The number of carbonyl (C=O) groups is 1. The zero-order valence-corrected chi connectivity index (χ0v) is 10.6. The number of carbonyl (C=O) groups excluding carboxylic acids is 1. The Bertz CT molecular complexity index is 567. The molecule has 106 valence electrons. The third-order valence-electron chi connectivity index (χ3n) is 2.46. The third-order valence-corrected chi connectivity index (χ3v) is 2.46. The number of non-ortho nitro benzene ring substituents is 1. The van der Waals surface area contributed by atoms with Crippen LogP contribution in [0.3, 0.4) is 0 Å². The fourth-order valence-corrected chi connectivity index (χ4v) is 1.47. The molecule has 0 radical (unpaired) electrons. The van der Waals surface area contributed by atoms with E-state index >= 15 is 0 Å². The van der Waals surface area contributed by atoms with Gasteiger partial charge >= 0.3 is 5.97 Å². The monoisotopic (exact) mass is 280 g/mol. The molecule has 0 saturated carbocycles. The number of ether oxygens (including phenoxy) is 1.